The number of nitrogens with one attached hydrogen (secondary N) is 1. The van der Waals surface area contributed by atoms with E-state index in [-0.39, 0.29) is 0 Å². The minimum absolute atomic E-state index is 0.437. The molecule has 0 aromatic heterocycles. The maximum Gasteiger partial charge on any atom is 0.0555 e. The largest absolute Gasteiger partial charge is 0.377 e. The Kier molecular flexibility index (Phi) is 2.83. The highest BCUT2D eigenvalue weighted by atomic mass is 15.0. The van der Waals surface area contributed by atoms with Crippen molar-refractivity contribution in [1.29, 1.82) is 0 Å². The van der Waals surface area contributed by atoms with E-state index in [4.69, 9.17) is 0 Å². The molecule has 1 N–H and O–H groups in total. The summed E-state index contributed by atoms with van der Waals surface area (Å²) in [6.45, 7) is 4.37. The summed E-state index contributed by atoms with van der Waals surface area (Å²) in [5, 5.41) is 3.66. The number of hydrogen-bond acceptors (Lipinski definition) is 1. The maximum absolute atomic E-state index is 3.66. The van der Waals surface area contributed by atoms with E-state index < -0.39 is 0 Å². The summed E-state index contributed by atoms with van der Waals surface area (Å²) < 4.78 is 0. The van der Waals surface area contributed by atoms with Gasteiger partial charge in [-0.3, -0.25) is 0 Å². The zero-order valence-corrected chi connectivity index (χ0v) is 11.0. The van der Waals surface area contributed by atoms with E-state index in [1.54, 1.807) is 0 Å². The van der Waals surface area contributed by atoms with Crippen LogP contribution in [0.1, 0.15) is 35.2 Å². The van der Waals surface area contributed by atoms with Crippen molar-refractivity contribution in [2.45, 2.75) is 32.7 Å². The summed E-state index contributed by atoms with van der Waals surface area (Å²) in [5.41, 5.74) is 6.93. The summed E-state index contributed by atoms with van der Waals surface area (Å²) in [5.74, 6) is 0. The lowest BCUT2D eigenvalue weighted by atomic mass is 10.0. The van der Waals surface area contributed by atoms with Gasteiger partial charge in [-0.1, -0.05) is 49.4 Å². The van der Waals surface area contributed by atoms with Crippen molar-refractivity contribution < 1.29 is 0 Å². The summed E-state index contributed by atoms with van der Waals surface area (Å²) in [6, 6.07) is 16.0. The van der Waals surface area contributed by atoms with Crippen LogP contribution in [0.15, 0.2) is 42.5 Å². The summed E-state index contributed by atoms with van der Waals surface area (Å²) in [4.78, 5) is 0. The number of para-hydroxylation sites is 1. The van der Waals surface area contributed by atoms with E-state index in [1.165, 1.54) is 27.9 Å². The SMILES string of the molecule is CCc1ccc(C2Cc3cccc(C)c3N2)cc1. The molecule has 0 saturated carbocycles. The van der Waals surface area contributed by atoms with Crippen molar-refractivity contribution in [1.82, 2.24) is 0 Å². The molecule has 0 amide bonds. The Bertz CT molecular complexity index is 554. The molecule has 18 heavy (non-hydrogen) atoms. The fraction of sp³-hybridized carbons (Fsp3) is 0.294. The topological polar surface area (TPSA) is 12.0 Å². The van der Waals surface area contributed by atoms with Crippen LogP contribution in [0.4, 0.5) is 5.69 Å². The molecule has 1 heteroatoms. The number of anilines is 1. The number of hydrogen-bond donors (Lipinski definition) is 1. The summed E-state index contributed by atoms with van der Waals surface area (Å²) in [6.07, 6.45) is 2.21. The molecule has 1 unspecified atom stereocenters. The molecule has 1 atom stereocenters. The molecule has 92 valence electrons. The quantitative estimate of drug-likeness (QED) is 0.822. The molecule has 3 rings (SSSR count). The van der Waals surface area contributed by atoms with Crippen molar-refractivity contribution in [3.63, 3.8) is 0 Å². The minimum atomic E-state index is 0.437. The Morgan fingerprint density at radius 1 is 1.11 bits per heavy atom. The molecule has 2 aromatic carbocycles. The highest BCUT2D eigenvalue weighted by molar-refractivity contribution is 5.62. The highest BCUT2D eigenvalue weighted by Crippen LogP contribution is 2.36. The minimum Gasteiger partial charge on any atom is -0.377 e. The van der Waals surface area contributed by atoms with Crippen LogP contribution in [0.2, 0.25) is 0 Å². The fourth-order valence-electron chi connectivity index (χ4n) is 2.74. The van der Waals surface area contributed by atoms with Crippen LogP contribution in [0.5, 0.6) is 0 Å². The molecule has 0 radical (unpaired) electrons. The van der Waals surface area contributed by atoms with Gasteiger partial charge in [0.15, 0.2) is 0 Å². The fourth-order valence-corrected chi connectivity index (χ4v) is 2.74. The second kappa shape index (κ2) is 4.49. The van der Waals surface area contributed by atoms with Gasteiger partial charge < -0.3 is 5.32 Å². The van der Waals surface area contributed by atoms with Crippen LogP contribution in [0.25, 0.3) is 0 Å². The lowest BCUT2D eigenvalue weighted by molar-refractivity contribution is 0.823. The smallest absolute Gasteiger partial charge is 0.0555 e. The van der Waals surface area contributed by atoms with Crippen LogP contribution in [-0.2, 0) is 12.8 Å². The molecule has 2 aromatic rings. The van der Waals surface area contributed by atoms with E-state index in [0.717, 1.165) is 12.8 Å². The lowest BCUT2D eigenvalue weighted by Gasteiger charge is -2.13. The monoisotopic (exact) mass is 237 g/mol. The number of benzene rings is 2. The van der Waals surface area contributed by atoms with Crippen molar-refractivity contribution in [3.8, 4) is 0 Å². The van der Waals surface area contributed by atoms with E-state index in [0.29, 0.717) is 6.04 Å². The van der Waals surface area contributed by atoms with Crippen molar-refractivity contribution in [2.24, 2.45) is 0 Å². The van der Waals surface area contributed by atoms with Gasteiger partial charge in [0.2, 0.25) is 0 Å². The van der Waals surface area contributed by atoms with Gasteiger partial charge in [-0.15, -0.1) is 0 Å². The Morgan fingerprint density at radius 2 is 1.89 bits per heavy atom. The van der Waals surface area contributed by atoms with Crippen LogP contribution in [0.3, 0.4) is 0 Å². The van der Waals surface area contributed by atoms with Gasteiger partial charge in [-0.2, -0.15) is 0 Å². The highest BCUT2D eigenvalue weighted by Gasteiger charge is 2.22. The van der Waals surface area contributed by atoms with Gasteiger partial charge >= 0.3 is 0 Å². The number of aryl methyl sites for hydroxylation is 2. The maximum atomic E-state index is 3.66. The molecule has 0 aliphatic carbocycles. The Hall–Kier alpha value is -1.76. The van der Waals surface area contributed by atoms with Gasteiger partial charge in [-0.05, 0) is 42.0 Å². The third kappa shape index (κ3) is 1.90. The molecule has 0 fully saturated rings. The van der Waals surface area contributed by atoms with Crippen molar-refractivity contribution in [3.05, 3.63) is 64.7 Å². The van der Waals surface area contributed by atoms with Crippen LogP contribution < -0.4 is 5.32 Å². The zero-order chi connectivity index (χ0) is 12.5. The molecule has 1 heterocycles. The first-order valence-corrected chi connectivity index (χ1v) is 6.72. The number of fused-ring (bicyclic) bond motifs is 1. The van der Waals surface area contributed by atoms with Crippen LogP contribution in [-0.4, -0.2) is 0 Å². The van der Waals surface area contributed by atoms with E-state index in [2.05, 4.69) is 61.6 Å². The zero-order valence-electron chi connectivity index (χ0n) is 11.0. The average Bonchev–Trinajstić information content (AvgIpc) is 2.84. The Balaban J connectivity index is 1.86. The van der Waals surface area contributed by atoms with E-state index in [9.17, 15) is 0 Å². The van der Waals surface area contributed by atoms with Gasteiger partial charge in [0.05, 0.1) is 6.04 Å². The summed E-state index contributed by atoms with van der Waals surface area (Å²) in [7, 11) is 0. The number of rotatable bonds is 2. The summed E-state index contributed by atoms with van der Waals surface area (Å²) >= 11 is 0. The second-order valence-corrected chi connectivity index (χ2v) is 5.11. The molecule has 0 spiro atoms. The predicted octanol–water partition coefficient (Wildman–Crippen LogP) is 4.27. The van der Waals surface area contributed by atoms with Gasteiger partial charge in [0.25, 0.3) is 0 Å². The normalized spacial score (nSPS) is 17.3. The van der Waals surface area contributed by atoms with E-state index >= 15 is 0 Å². The van der Waals surface area contributed by atoms with Gasteiger partial charge in [0.1, 0.15) is 0 Å². The molecular weight excluding hydrogens is 218 g/mol. The van der Waals surface area contributed by atoms with E-state index in [1.807, 2.05) is 0 Å². The predicted molar refractivity (Wildman–Crippen MR) is 77.1 cm³/mol. The third-order valence-electron chi connectivity index (χ3n) is 3.89. The first-order chi connectivity index (χ1) is 8.78. The van der Waals surface area contributed by atoms with Crippen molar-refractivity contribution >= 4 is 5.69 Å². The molecule has 1 nitrogen and oxygen atoms in total. The third-order valence-corrected chi connectivity index (χ3v) is 3.89. The molecule has 0 saturated heterocycles. The van der Waals surface area contributed by atoms with Crippen molar-refractivity contribution in [2.75, 3.05) is 5.32 Å². The second-order valence-electron chi connectivity index (χ2n) is 5.11. The molecule has 0 bridgehead atoms. The molecule has 1 aliphatic rings. The first-order valence-electron chi connectivity index (χ1n) is 6.72. The van der Waals surface area contributed by atoms with Crippen LogP contribution >= 0.6 is 0 Å². The average molecular weight is 237 g/mol. The van der Waals surface area contributed by atoms with Gasteiger partial charge in [0, 0.05) is 5.69 Å². The van der Waals surface area contributed by atoms with Crippen LogP contribution in [0, 0.1) is 6.92 Å². The lowest BCUT2D eigenvalue weighted by Crippen LogP contribution is -2.05. The standard InChI is InChI=1S/C17H19N/c1-3-13-7-9-14(10-8-13)16-11-15-6-4-5-12(2)17(15)18-16/h4-10,16,18H,3,11H2,1-2H3. The Labute approximate surface area is 109 Å². The molecular formula is C17H19N. The Morgan fingerprint density at radius 3 is 2.56 bits per heavy atom. The van der Waals surface area contributed by atoms with Gasteiger partial charge in [-0.25, -0.2) is 0 Å². The molecule has 1 aliphatic heterocycles. The first kappa shape index (κ1) is 11.3.